The third-order valence-corrected chi connectivity index (χ3v) is 3.78. The van der Waals surface area contributed by atoms with E-state index < -0.39 is 0 Å². The monoisotopic (exact) mass is 256 g/mol. The van der Waals surface area contributed by atoms with Crippen molar-refractivity contribution >= 4 is 5.97 Å². The van der Waals surface area contributed by atoms with Crippen LogP contribution in [-0.4, -0.2) is 49.7 Å². The summed E-state index contributed by atoms with van der Waals surface area (Å²) in [5.74, 6) is -0.122. The summed E-state index contributed by atoms with van der Waals surface area (Å²) in [6.07, 6.45) is 6.16. The Kier molecular flexibility index (Phi) is 7.28. The molecule has 0 radical (unpaired) electrons. The average molecular weight is 256 g/mol. The number of likely N-dealkylation sites (N-methyl/N-ethyl adjacent to an activating group) is 1. The van der Waals surface area contributed by atoms with Gasteiger partial charge >= 0.3 is 5.97 Å². The van der Waals surface area contributed by atoms with Crippen LogP contribution in [0.15, 0.2) is 0 Å². The van der Waals surface area contributed by atoms with Crippen LogP contribution in [0, 0.1) is 0 Å². The lowest BCUT2D eigenvalue weighted by molar-refractivity contribution is -0.145. The van der Waals surface area contributed by atoms with Crippen molar-refractivity contribution in [2.75, 3.05) is 26.7 Å². The molecule has 1 aliphatic rings. The van der Waals surface area contributed by atoms with Crippen LogP contribution in [0.5, 0.6) is 0 Å². The predicted molar refractivity (Wildman–Crippen MR) is 73.6 cm³/mol. The smallest absolute Gasteiger partial charge is 0.323 e. The van der Waals surface area contributed by atoms with E-state index in [-0.39, 0.29) is 12.0 Å². The topological polar surface area (TPSA) is 41.6 Å². The van der Waals surface area contributed by atoms with Gasteiger partial charge in [0.2, 0.25) is 0 Å². The van der Waals surface area contributed by atoms with E-state index in [2.05, 4.69) is 17.3 Å². The molecular weight excluding hydrogens is 228 g/mol. The molecule has 1 unspecified atom stereocenters. The van der Waals surface area contributed by atoms with E-state index in [4.69, 9.17) is 4.74 Å². The molecule has 1 rings (SSSR count). The molecule has 0 aromatic rings. The second-order valence-electron chi connectivity index (χ2n) is 5.09. The second kappa shape index (κ2) is 8.48. The number of hydrogen-bond acceptors (Lipinski definition) is 4. The molecular formula is C14H28N2O2. The molecule has 4 heteroatoms. The second-order valence-corrected chi connectivity index (χ2v) is 5.09. The van der Waals surface area contributed by atoms with Gasteiger partial charge in [-0.05, 0) is 33.2 Å². The Balaban J connectivity index is 2.19. The lowest BCUT2D eigenvalue weighted by Crippen LogP contribution is -2.42. The van der Waals surface area contributed by atoms with Crippen molar-refractivity contribution in [3.05, 3.63) is 0 Å². The average Bonchev–Trinajstić information content (AvgIpc) is 2.88. The van der Waals surface area contributed by atoms with Crippen molar-refractivity contribution in [1.29, 1.82) is 0 Å². The van der Waals surface area contributed by atoms with Gasteiger partial charge < -0.3 is 15.0 Å². The number of carbonyl (C=O) groups is 1. The molecule has 1 atom stereocenters. The van der Waals surface area contributed by atoms with Gasteiger partial charge in [0.25, 0.3) is 0 Å². The quantitative estimate of drug-likeness (QED) is 0.672. The molecule has 0 bridgehead atoms. The number of esters is 1. The number of carbonyl (C=O) groups excluding carboxylic acids is 1. The van der Waals surface area contributed by atoms with Crippen LogP contribution in [0.1, 0.15) is 46.0 Å². The number of nitrogens with one attached hydrogen (secondary N) is 1. The summed E-state index contributed by atoms with van der Waals surface area (Å²) in [7, 11) is 2.18. The fraction of sp³-hybridized carbons (Fsp3) is 0.929. The Labute approximate surface area is 111 Å². The first-order valence-corrected chi connectivity index (χ1v) is 7.29. The van der Waals surface area contributed by atoms with Crippen molar-refractivity contribution in [3.8, 4) is 0 Å². The molecule has 1 saturated carbocycles. The van der Waals surface area contributed by atoms with Crippen molar-refractivity contribution in [3.63, 3.8) is 0 Å². The summed E-state index contributed by atoms with van der Waals surface area (Å²) in [5, 5.41) is 3.29. The van der Waals surface area contributed by atoms with E-state index >= 15 is 0 Å². The molecule has 1 aliphatic carbocycles. The molecule has 0 saturated heterocycles. The normalized spacial score (nSPS) is 18.2. The molecule has 4 nitrogen and oxygen atoms in total. The zero-order chi connectivity index (χ0) is 13.4. The highest BCUT2D eigenvalue weighted by molar-refractivity contribution is 5.75. The standard InChI is InChI=1S/C14H28N2O2/c1-4-13(14(17)18-5-2)15-10-11-16(3)12-8-6-7-9-12/h12-13,15H,4-11H2,1-3H3. The maximum atomic E-state index is 11.6. The molecule has 1 N–H and O–H groups in total. The van der Waals surface area contributed by atoms with Crippen LogP contribution in [0.4, 0.5) is 0 Å². The summed E-state index contributed by atoms with van der Waals surface area (Å²) in [5.41, 5.74) is 0. The minimum absolute atomic E-state index is 0.122. The van der Waals surface area contributed by atoms with Crippen LogP contribution < -0.4 is 5.32 Å². The van der Waals surface area contributed by atoms with Crippen molar-refractivity contribution in [1.82, 2.24) is 10.2 Å². The fourth-order valence-corrected chi connectivity index (χ4v) is 2.58. The van der Waals surface area contributed by atoms with E-state index in [9.17, 15) is 4.79 Å². The van der Waals surface area contributed by atoms with Gasteiger partial charge in [0.1, 0.15) is 6.04 Å². The van der Waals surface area contributed by atoms with Gasteiger partial charge in [0.15, 0.2) is 0 Å². The largest absolute Gasteiger partial charge is 0.465 e. The predicted octanol–water partition coefficient (Wildman–Crippen LogP) is 1.79. The van der Waals surface area contributed by atoms with Gasteiger partial charge in [0.05, 0.1) is 6.61 Å². The van der Waals surface area contributed by atoms with Crippen LogP contribution in [0.25, 0.3) is 0 Å². The summed E-state index contributed by atoms with van der Waals surface area (Å²) in [6.45, 7) is 6.16. The first-order valence-electron chi connectivity index (χ1n) is 7.29. The van der Waals surface area contributed by atoms with Crippen LogP contribution in [0.3, 0.4) is 0 Å². The molecule has 0 amide bonds. The highest BCUT2D eigenvalue weighted by atomic mass is 16.5. The molecule has 0 aromatic heterocycles. The molecule has 0 heterocycles. The van der Waals surface area contributed by atoms with Crippen LogP contribution in [0.2, 0.25) is 0 Å². The number of ether oxygens (including phenoxy) is 1. The maximum absolute atomic E-state index is 11.6. The molecule has 0 aliphatic heterocycles. The van der Waals surface area contributed by atoms with E-state index in [1.807, 2.05) is 13.8 Å². The van der Waals surface area contributed by atoms with E-state index in [0.29, 0.717) is 6.61 Å². The lowest BCUT2D eigenvalue weighted by atomic mass is 10.2. The van der Waals surface area contributed by atoms with Crippen LogP contribution >= 0.6 is 0 Å². The van der Waals surface area contributed by atoms with Gasteiger partial charge in [-0.15, -0.1) is 0 Å². The Morgan fingerprint density at radius 2 is 2.06 bits per heavy atom. The highest BCUT2D eigenvalue weighted by Crippen LogP contribution is 2.21. The van der Waals surface area contributed by atoms with Crippen LogP contribution in [-0.2, 0) is 9.53 Å². The molecule has 18 heavy (non-hydrogen) atoms. The third kappa shape index (κ3) is 4.94. The molecule has 106 valence electrons. The minimum Gasteiger partial charge on any atom is -0.465 e. The summed E-state index contributed by atoms with van der Waals surface area (Å²) in [6, 6.07) is 0.594. The van der Waals surface area contributed by atoms with Gasteiger partial charge in [-0.2, -0.15) is 0 Å². The first kappa shape index (κ1) is 15.4. The van der Waals surface area contributed by atoms with Gasteiger partial charge in [-0.25, -0.2) is 0 Å². The van der Waals surface area contributed by atoms with E-state index in [1.165, 1.54) is 25.7 Å². The Bertz CT molecular complexity index is 240. The van der Waals surface area contributed by atoms with Gasteiger partial charge in [-0.3, -0.25) is 4.79 Å². The SMILES string of the molecule is CCOC(=O)C(CC)NCCN(C)C1CCCC1. The van der Waals surface area contributed by atoms with Gasteiger partial charge in [-0.1, -0.05) is 19.8 Å². The van der Waals surface area contributed by atoms with E-state index in [0.717, 1.165) is 25.6 Å². The zero-order valence-corrected chi connectivity index (χ0v) is 12.1. The Morgan fingerprint density at radius 3 is 2.61 bits per heavy atom. The zero-order valence-electron chi connectivity index (χ0n) is 12.1. The number of nitrogens with zero attached hydrogens (tertiary/aromatic N) is 1. The first-order chi connectivity index (χ1) is 8.69. The molecule has 1 fully saturated rings. The highest BCUT2D eigenvalue weighted by Gasteiger charge is 2.20. The summed E-state index contributed by atoms with van der Waals surface area (Å²) < 4.78 is 5.04. The lowest BCUT2D eigenvalue weighted by Gasteiger charge is -2.25. The molecule has 0 aromatic carbocycles. The Hall–Kier alpha value is -0.610. The minimum atomic E-state index is -0.151. The number of hydrogen-bond donors (Lipinski definition) is 1. The maximum Gasteiger partial charge on any atom is 0.323 e. The van der Waals surface area contributed by atoms with Crippen molar-refractivity contribution in [2.24, 2.45) is 0 Å². The number of rotatable bonds is 8. The Morgan fingerprint density at radius 1 is 1.39 bits per heavy atom. The van der Waals surface area contributed by atoms with Crippen molar-refractivity contribution in [2.45, 2.75) is 58.0 Å². The summed E-state index contributed by atoms with van der Waals surface area (Å²) >= 11 is 0. The van der Waals surface area contributed by atoms with Gasteiger partial charge in [0, 0.05) is 19.1 Å². The van der Waals surface area contributed by atoms with Crippen molar-refractivity contribution < 1.29 is 9.53 Å². The summed E-state index contributed by atoms with van der Waals surface area (Å²) in [4.78, 5) is 14.0. The third-order valence-electron chi connectivity index (χ3n) is 3.78. The van der Waals surface area contributed by atoms with E-state index in [1.54, 1.807) is 0 Å². The molecule has 0 spiro atoms. The fourth-order valence-electron chi connectivity index (χ4n) is 2.58.